The average molecular weight is 277 g/mol. The molecule has 80 valence electrons. The zero-order valence-corrected chi connectivity index (χ0v) is 11.5. The van der Waals surface area contributed by atoms with Crippen molar-refractivity contribution in [2.24, 2.45) is 5.41 Å². The van der Waals surface area contributed by atoms with Crippen molar-refractivity contribution in [3.05, 3.63) is 20.3 Å². The third-order valence-corrected chi connectivity index (χ3v) is 3.66. The largest absolute Gasteiger partial charge is 0.388 e. The Bertz CT molecular complexity index is 312. The van der Waals surface area contributed by atoms with Crippen LogP contribution in [0.3, 0.4) is 0 Å². The summed E-state index contributed by atoms with van der Waals surface area (Å²) in [5.41, 5.74) is 1.23. The van der Waals surface area contributed by atoms with Crippen LogP contribution in [0.25, 0.3) is 0 Å². The van der Waals surface area contributed by atoms with Gasteiger partial charge in [-0.3, -0.25) is 0 Å². The Morgan fingerprint density at radius 2 is 2.07 bits per heavy atom. The first-order valence-electron chi connectivity index (χ1n) is 4.73. The third kappa shape index (κ3) is 3.37. The quantitative estimate of drug-likeness (QED) is 0.855. The van der Waals surface area contributed by atoms with Crippen LogP contribution in [0.4, 0.5) is 0 Å². The molecule has 0 saturated heterocycles. The van der Waals surface area contributed by atoms with E-state index in [1.54, 1.807) is 11.3 Å². The lowest BCUT2D eigenvalue weighted by atomic mass is 9.87. The molecule has 1 aromatic heterocycles. The molecule has 0 bridgehead atoms. The van der Waals surface area contributed by atoms with Crippen molar-refractivity contribution in [3.8, 4) is 0 Å². The average Bonchev–Trinajstić information content (AvgIpc) is 2.26. The molecule has 1 nitrogen and oxygen atoms in total. The Hall–Kier alpha value is 0.140. The number of aliphatic hydroxyl groups excluding tert-OH is 1. The minimum absolute atomic E-state index is 0.167. The van der Waals surface area contributed by atoms with Crippen molar-refractivity contribution in [1.29, 1.82) is 0 Å². The molecule has 1 N–H and O–H groups in total. The van der Waals surface area contributed by atoms with Crippen LogP contribution in [0.15, 0.2) is 9.85 Å². The molecule has 1 aromatic rings. The summed E-state index contributed by atoms with van der Waals surface area (Å²) in [6.45, 7) is 8.49. The Morgan fingerprint density at radius 1 is 1.50 bits per heavy atom. The van der Waals surface area contributed by atoms with Gasteiger partial charge in [-0.1, -0.05) is 20.8 Å². The predicted molar refractivity (Wildman–Crippen MR) is 65.8 cm³/mol. The summed E-state index contributed by atoms with van der Waals surface area (Å²) >= 11 is 5.12. The molecule has 0 aliphatic rings. The molecule has 1 unspecified atom stereocenters. The fraction of sp³-hybridized carbons (Fsp3) is 0.636. The Kier molecular flexibility index (Phi) is 3.78. The van der Waals surface area contributed by atoms with Crippen molar-refractivity contribution in [1.82, 2.24) is 0 Å². The van der Waals surface area contributed by atoms with Gasteiger partial charge >= 0.3 is 0 Å². The lowest BCUT2D eigenvalue weighted by Crippen LogP contribution is -2.11. The Labute approximate surface area is 98.3 Å². The molecule has 1 rings (SSSR count). The highest BCUT2D eigenvalue weighted by atomic mass is 79.9. The van der Waals surface area contributed by atoms with Gasteiger partial charge in [-0.25, -0.2) is 0 Å². The molecule has 0 radical (unpaired) electrons. The van der Waals surface area contributed by atoms with Gasteiger partial charge in [0.25, 0.3) is 0 Å². The zero-order valence-electron chi connectivity index (χ0n) is 9.10. The second-order valence-electron chi connectivity index (χ2n) is 4.84. The SMILES string of the molecule is Cc1sc(Br)cc1C(O)CC(C)(C)C. The summed E-state index contributed by atoms with van der Waals surface area (Å²) in [6.07, 6.45) is 0.467. The number of aryl methyl sites for hydroxylation is 1. The van der Waals surface area contributed by atoms with Crippen molar-refractivity contribution in [2.45, 2.75) is 40.2 Å². The molecule has 1 heterocycles. The smallest absolute Gasteiger partial charge is 0.0806 e. The molecule has 0 fully saturated rings. The van der Waals surface area contributed by atoms with Crippen LogP contribution < -0.4 is 0 Å². The van der Waals surface area contributed by atoms with Gasteiger partial charge in [-0.2, -0.15) is 0 Å². The van der Waals surface area contributed by atoms with E-state index in [2.05, 4.69) is 43.6 Å². The maximum atomic E-state index is 10.0. The van der Waals surface area contributed by atoms with Crippen LogP contribution in [-0.2, 0) is 0 Å². The van der Waals surface area contributed by atoms with E-state index in [4.69, 9.17) is 0 Å². The maximum absolute atomic E-state index is 10.0. The highest BCUT2D eigenvalue weighted by Crippen LogP contribution is 2.35. The maximum Gasteiger partial charge on any atom is 0.0806 e. The lowest BCUT2D eigenvalue weighted by Gasteiger charge is -2.22. The van der Waals surface area contributed by atoms with Gasteiger partial charge in [0.1, 0.15) is 0 Å². The van der Waals surface area contributed by atoms with Crippen LogP contribution in [0, 0.1) is 12.3 Å². The van der Waals surface area contributed by atoms with Crippen LogP contribution in [0.5, 0.6) is 0 Å². The van der Waals surface area contributed by atoms with E-state index in [1.807, 2.05) is 6.07 Å². The molecule has 1 atom stereocenters. The summed E-state index contributed by atoms with van der Waals surface area (Å²) in [4.78, 5) is 1.20. The van der Waals surface area contributed by atoms with Gasteiger partial charge in [0.15, 0.2) is 0 Å². The van der Waals surface area contributed by atoms with Crippen LogP contribution in [0.2, 0.25) is 0 Å². The van der Waals surface area contributed by atoms with Crippen LogP contribution in [0.1, 0.15) is 43.7 Å². The monoisotopic (exact) mass is 276 g/mol. The number of hydrogen-bond donors (Lipinski definition) is 1. The number of hydrogen-bond acceptors (Lipinski definition) is 2. The van der Waals surface area contributed by atoms with Crippen LogP contribution in [-0.4, -0.2) is 5.11 Å². The molecule has 14 heavy (non-hydrogen) atoms. The van der Waals surface area contributed by atoms with Crippen LogP contribution >= 0.6 is 27.3 Å². The minimum atomic E-state index is -0.336. The van der Waals surface area contributed by atoms with Crippen molar-refractivity contribution >= 4 is 27.3 Å². The third-order valence-electron chi connectivity index (χ3n) is 2.09. The number of aliphatic hydroxyl groups is 1. The summed E-state index contributed by atoms with van der Waals surface area (Å²) < 4.78 is 1.10. The van der Waals surface area contributed by atoms with E-state index in [0.717, 1.165) is 15.8 Å². The second kappa shape index (κ2) is 4.33. The van der Waals surface area contributed by atoms with E-state index in [1.165, 1.54) is 4.88 Å². The number of halogens is 1. The van der Waals surface area contributed by atoms with Gasteiger partial charge in [0, 0.05) is 4.88 Å². The van der Waals surface area contributed by atoms with E-state index < -0.39 is 0 Å². The van der Waals surface area contributed by atoms with E-state index in [0.29, 0.717) is 0 Å². The number of thiophene rings is 1. The molecular formula is C11H17BrOS. The Balaban J connectivity index is 2.79. The van der Waals surface area contributed by atoms with Crippen molar-refractivity contribution in [2.75, 3.05) is 0 Å². The topological polar surface area (TPSA) is 20.2 Å². The molecule has 0 aliphatic carbocycles. The standard InChI is InChI=1S/C11H17BrOS/c1-7-8(5-10(12)14-7)9(13)6-11(2,3)4/h5,9,13H,6H2,1-4H3. The van der Waals surface area contributed by atoms with Gasteiger partial charge < -0.3 is 5.11 Å². The predicted octanol–water partition coefficient (Wildman–Crippen LogP) is 4.29. The highest BCUT2D eigenvalue weighted by Gasteiger charge is 2.20. The van der Waals surface area contributed by atoms with Crippen molar-refractivity contribution < 1.29 is 5.11 Å². The number of rotatable bonds is 2. The minimum Gasteiger partial charge on any atom is -0.388 e. The van der Waals surface area contributed by atoms with E-state index >= 15 is 0 Å². The summed E-state index contributed by atoms with van der Waals surface area (Å²) in [5, 5.41) is 10.0. The summed E-state index contributed by atoms with van der Waals surface area (Å²) in [6, 6.07) is 2.02. The molecule has 0 amide bonds. The fourth-order valence-corrected chi connectivity index (χ4v) is 3.25. The lowest BCUT2D eigenvalue weighted by molar-refractivity contribution is 0.122. The highest BCUT2D eigenvalue weighted by molar-refractivity contribution is 9.11. The second-order valence-corrected chi connectivity index (χ2v) is 7.48. The molecule has 0 aromatic carbocycles. The van der Waals surface area contributed by atoms with E-state index in [-0.39, 0.29) is 11.5 Å². The van der Waals surface area contributed by atoms with Crippen molar-refractivity contribution in [3.63, 3.8) is 0 Å². The fourth-order valence-electron chi connectivity index (χ4n) is 1.48. The molecule has 0 aliphatic heterocycles. The first-order valence-corrected chi connectivity index (χ1v) is 6.34. The zero-order chi connectivity index (χ0) is 10.9. The Morgan fingerprint density at radius 3 is 2.43 bits per heavy atom. The van der Waals surface area contributed by atoms with Gasteiger partial charge in [-0.05, 0) is 46.3 Å². The van der Waals surface area contributed by atoms with Gasteiger partial charge in [0.2, 0.25) is 0 Å². The van der Waals surface area contributed by atoms with Gasteiger partial charge in [0.05, 0.1) is 9.89 Å². The normalized spacial score (nSPS) is 14.4. The summed E-state index contributed by atoms with van der Waals surface area (Å²) in [7, 11) is 0. The summed E-state index contributed by atoms with van der Waals surface area (Å²) in [5.74, 6) is 0. The molecular weight excluding hydrogens is 260 g/mol. The first kappa shape index (κ1) is 12.2. The van der Waals surface area contributed by atoms with E-state index in [9.17, 15) is 5.11 Å². The first-order chi connectivity index (χ1) is 6.29. The molecule has 3 heteroatoms. The molecule has 0 spiro atoms. The van der Waals surface area contributed by atoms with Gasteiger partial charge in [-0.15, -0.1) is 11.3 Å². The molecule has 0 saturated carbocycles.